The van der Waals surface area contributed by atoms with Crippen LogP contribution in [0, 0.1) is 4.77 Å². The summed E-state index contributed by atoms with van der Waals surface area (Å²) in [7, 11) is 0. The number of unbranched alkanes of at least 4 members (excludes halogenated alkanes) is 2. The zero-order chi connectivity index (χ0) is 22.5. The van der Waals surface area contributed by atoms with Crippen molar-refractivity contribution < 1.29 is 9.59 Å². The van der Waals surface area contributed by atoms with Gasteiger partial charge in [0.25, 0.3) is 11.5 Å². The van der Waals surface area contributed by atoms with E-state index in [2.05, 4.69) is 20.8 Å². The van der Waals surface area contributed by atoms with E-state index in [1.807, 2.05) is 42.5 Å². The first kappa shape index (κ1) is 21.5. The number of aromatic amines is 2. The molecule has 0 saturated carbocycles. The van der Waals surface area contributed by atoms with Crippen molar-refractivity contribution in [2.45, 2.75) is 32.2 Å². The van der Waals surface area contributed by atoms with Gasteiger partial charge in [-0.1, -0.05) is 36.8 Å². The standard InChI is InChI=1S/C23H23N5O3S/c29-20(26-27-21(30)17-14-24-18-10-5-3-8-15(17)18)12-2-1-7-13-28-22(31)16-9-4-6-11-19(16)25-23(28)32/h3-6,8-11,14,24H,1-2,7,12-13H2,(H,25,32)(H,26,29)(H,27,30). The van der Waals surface area contributed by atoms with Crippen LogP contribution < -0.4 is 16.4 Å². The van der Waals surface area contributed by atoms with E-state index in [-0.39, 0.29) is 23.8 Å². The molecule has 4 aromatic rings. The number of carbonyl (C=O) groups is 2. The van der Waals surface area contributed by atoms with E-state index in [1.165, 1.54) is 0 Å². The van der Waals surface area contributed by atoms with Gasteiger partial charge in [0.1, 0.15) is 0 Å². The van der Waals surface area contributed by atoms with Gasteiger partial charge in [0.2, 0.25) is 5.91 Å². The highest BCUT2D eigenvalue weighted by molar-refractivity contribution is 7.71. The molecule has 0 spiro atoms. The average Bonchev–Trinajstić information content (AvgIpc) is 3.23. The van der Waals surface area contributed by atoms with E-state index in [4.69, 9.17) is 12.2 Å². The highest BCUT2D eigenvalue weighted by Gasteiger charge is 2.12. The number of benzene rings is 2. The summed E-state index contributed by atoms with van der Waals surface area (Å²) in [6.07, 6.45) is 3.98. The van der Waals surface area contributed by atoms with Crippen LogP contribution in [0.3, 0.4) is 0 Å². The number of nitrogens with one attached hydrogen (secondary N) is 4. The van der Waals surface area contributed by atoms with Crippen molar-refractivity contribution in [1.29, 1.82) is 0 Å². The molecule has 0 radical (unpaired) electrons. The van der Waals surface area contributed by atoms with E-state index in [0.29, 0.717) is 35.1 Å². The molecule has 4 N–H and O–H groups in total. The van der Waals surface area contributed by atoms with Crippen LogP contribution in [0.1, 0.15) is 36.0 Å². The molecule has 0 unspecified atom stereocenters. The molecule has 0 fully saturated rings. The lowest BCUT2D eigenvalue weighted by molar-refractivity contribution is -0.122. The van der Waals surface area contributed by atoms with Crippen LogP contribution in [0.15, 0.2) is 59.5 Å². The summed E-state index contributed by atoms with van der Waals surface area (Å²) in [6, 6.07) is 14.7. The second-order valence-electron chi connectivity index (χ2n) is 7.49. The molecular formula is C23H23N5O3S. The molecule has 4 rings (SSSR count). The van der Waals surface area contributed by atoms with Crippen molar-refractivity contribution in [3.05, 3.63) is 75.4 Å². The van der Waals surface area contributed by atoms with Crippen LogP contribution in [-0.4, -0.2) is 26.3 Å². The minimum absolute atomic E-state index is 0.109. The number of para-hydroxylation sites is 2. The number of nitrogens with zero attached hydrogens (tertiary/aromatic N) is 1. The van der Waals surface area contributed by atoms with Crippen molar-refractivity contribution >= 4 is 45.8 Å². The molecule has 9 heteroatoms. The van der Waals surface area contributed by atoms with Gasteiger partial charge >= 0.3 is 0 Å². The number of H-pyrrole nitrogens is 2. The smallest absolute Gasteiger partial charge is 0.271 e. The Balaban J connectivity index is 1.22. The molecule has 0 aliphatic rings. The van der Waals surface area contributed by atoms with Gasteiger partial charge in [0.15, 0.2) is 4.77 Å². The topological polar surface area (TPSA) is 112 Å². The van der Waals surface area contributed by atoms with Gasteiger partial charge in [-0.25, -0.2) is 0 Å². The van der Waals surface area contributed by atoms with Crippen LogP contribution in [0.5, 0.6) is 0 Å². The van der Waals surface area contributed by atoms with Gasteiger partial charge in [0, 0.05) is 30.1 Å². The molecule has 0 atom stereocenters. The zero-order valence-electron chi connectivity index (χ0n) is 17.3. The second kappa shape index (κ2) is 9.61. The van der Waals surface area contributed by atoms with Gasteiger partial charge in [-0.2, -0.15) is 0 Å². The number of rotatable bonds is 7. The lowest BCUT2D eigenvalue weighted by Crippen LogP contribution is -2.41. The summed E-state index contributed by atoms with van der Waals surface area (Å²) in [5.74, 6) is -0.640. The van der Waals surface area contributed by atoms with Crippen molar-refractivity contribution in [2.24, 2.45) is 0 Å². The summed E-state index contributed by atoms with van der Waals surface area (Å²) in [6.45, 7) is 0.484. The first-order valence-corrected chi connectivity index (χ1v) is 10.8. The van der Waals surface area contributed by atoms with E-state index < -0.39 is 0 Å². The van der Waals surface area contributed by atoms with E-state index in [1.54, 1.807) is 16.8 Å². The van der Waals surface area contributed by atoms with Gasteiger partial charge in [0.05, 0.1) is 16.5 Å². The molecule has 0 aliphatic heterocycles. The Hall–Kier alpha value is -3.72. The first-order valence-electron chi connectivity index (χ1n) is 10.4. The zero-order valence-corrected chi connectivity index (χ0v) is 18.1. The quantitative estimate of drug-likeness (QED) is 0.196. The third-order valence-electron chi connectivity index (χ3n) is 5.32. The highest BCUT2D eigenvalue weighted by atomic mass is 32.1. The van der Waals surface area contributed by atoms with Gasteiger partial charge in [-0.05, 0) is 43.3 Å². The fourth-order valence-corrected chi connectivity index (χ4v) is 3.93. The molecule has 2 aromatic heterocycles. The van der Waals surface area contributed by atoms with Gasteiger partial charge in [-0.3, -0.25) is 29.8 Å². The maximum atomic E-state index is 12.6. The Morgan fingerprint density at radius 2 is 1.62 bits per heavy atom. The lowest BCUT2D eigenvalue weighted by atomic mass is 10.1. The number of carbonyl (C=O) groups excluding carboxylic acids is 2. The fraction of sp³-hybridized carbons (Fsp3) is 0.217. The maximum absolute atomic E-state index is 12.6. The molecule has 0 aliphatic carbocycles. The number of amides is 2. The molecule has 32 heavy (non-hydrogen) atoms. The van der Waals surface area contributed by atoms with E-state index >= 15 is 0 Å². The van der Waals surface area contributed by atoms with Crippen molar-refractivity contribution in [3.63, 3.8) is 0 Å². The van der Waals surface area contributed by atoms with E-state index in [9.17, 15) is 14.4 Å². The Morgan fingerprint density at radius 1 is 0.906 bits per heavy atom. The van der Waals surface area contributed by atoms with E-state index in [0.717, 1.165) is 22.8 Å². The SMILES string of the molecule is O=C(CCCCCn1c(=S)[nH]c2ccccc2c1=O)NNC(=O)c1c[nH]c2ccccc12. The molecule has 2 heterocycles. The highest BCUT2D eigenvalue weighted by Crippen LogP contribution is 2.17. The summed E-state index contributed by atoms with van der Waals surface area (Å²) in [5.41, 5.74) is 6.85. The van der Waals surface area contributed by atoms with Crippen LogP contribution in [0.25, 0.3) is 21.8 Å². The second-order valence-corrected chi connectivity index (χ2v) is 7.88. The van der Waals surface area contributed by atoms with Crippen LogP contribution in [0.4, 0.5) is 0 Å². The molecule has 0 saturated heterocycles. The minimum atomic E-state index is -0.374. The fourth-order valence-electron chi connectivity index (χ4n) is 3.65. The van der Waals surface area contributed by atoms with Crippen molar-refractivity contribution in [1.82, 2.24) is 25.4 Å². The molecule has 2 amide bonds. The third-order valence-corrected chi connectivity index (χ3v) is 5.65. The van der Waals surface area contributed by atoms with Gasteiger partial charge < -0.3 is 9.97 Å². The van der Waals surface area contributed by atoms with Crippen molar-refractivity contribution in [2.75, 3.05) is 0 Å². The minimum Gasteiger partial charge on any atom is -0.360 e. The third kappa shape index (κ3) is 4.62. The Kier molecular flexibility index (Phi) is 6.46. The number of hydrogen-bond acceptors (Lipinski definition) is 4. The van der Waals surface area contributed by atoms with Crippen LogP contribution >= 0.6 is 12.2 Å². The number of hydrazine groups is 1. The number of hydrogen-bond donors (Lipinski definition) is 4. The predicted octanol–water partition coefficient (Wildman–Crippen LogP) is 3.56. The molecule has 8 nitrogen and oxygen atoms in total. The maximum Gasteiger partial charge on any atom is 0.271 e. The predicted molar refractivity (Wildman–Crippen MR) is 126 cm³/mol. The lowest BCUT2D eigenvalue weighted by Gasteiger charge is -2.09. The summed E-state index contributed by atoms with van der Waals surface area (Å²) in [4.78, 5) is 43.1. The van der Waals surface area contributed by atoms with Crippen molar-refractivity contribution in [3.8, 4) is 0 Å². The number of fused-ring (bicyclic) bond motifs is 2. The summed E-state index contributed by atoms with van der Waals surface area (Å²) < 4.78 is 1.95. The Labute approximate surface area is 188 Å². The van der Waals surface area contributed by atoms with Crippen LogP contribution in [-0.2, 0) is 11.3 Å². The average molecular weight is 450 g/mol. The summed E-state index contributed by atoms with van der Waals surface area (Å²) in [5, 5.41) is 1.40. The molecule has 164 valence electrons. The first-order chi connectivity index (χ1) is 15.5. The van der Waals surface area contributed by atoms with Gasteiger partial charge in [-0.15, -0.1) is 0 Å². The Bertz CT molecular complexity index is 1400. The molecule has 2 aromatic carbocycles. The monoisotopic (exact) mass is 449 g/mol. The normalized spacial score (nSPS) is 11.0. The number of aromatic nitrogens is 3. The summed E-state index contributed by atoms with van der Waals surface area (Å²) >= 11 is 5.31. The Morgan fingerprint density at radius 3 is 2.44 bits per heavy atom. The van der Waals surface area contributed by atoms with Crippen LogP contribution in [0.2, 0.25) is 0 Å². The largest absolute Gasteiger partial charge is 0.360 e. The molecule has 0 bridgehead atoms. The molecular weight excluding hydrogens is 426 g/mol.